The molecule has 0 aliphatic heterocycles. The minimum absolute atomic E-state index is 0.0146. The van der Waals surface area contributed by atoms with E-state index in [9.17, 15) is 83.6 Å². The van der Waals surface area contributed by atoms with Gasteiger partial charge in [-0.2, -0.15) is 61.5 Å². The van der Waals surface area contributed by atoms with Gasteiger partial charge < -0.3 is 4.55 Å². The molecule has 0 heterocycles. The Hall–Kier alpha value is -3.46. The second kappa shape index (κ2) is 11.3. The zero-order valence-corrected chi connectivity index (χ0v) is 24.9. The number of benzene rings is 3. The average molecular weight is 765 g/mol. The molecule has 0 aromatic heterocycles. The molecule has 268 valence electrons. The third-order valence-corrected chi connectivity index (χ3v) is 11.1. The van der Waals surface area contributed by atoms with E-state index in [-0.39, 0.29) is 10.9 Å². The quantitative estimate of drug-likeness (QED) is 0.149. The average Bonchev–Trinajstić information content (AvgIpc) is 3.20. The van der Waals surface area contributed by atoms with Gasteiger partial charge in [-0.15, -0.1) is 0 Å². The molecular formula is C28H15F15O4S2. The van der Waals surface area contributed by atoms with Crippen molar-refractivity contribution in [3.63, 3.8) is 0 Å². The van der Waals surface area contributed by atoms with Gasteiger partial charge >= 0.3 is 35.4 Å². The summed E-state index contributed by atoms with van der Waals surface area (Å²) in [7, 11) is -8.48. The van der Waals surface area contributed by atoms with Crippen LogP contribution in [-0.2, 0) is 25.8 Å². The van der Waals surface area contributed by atoms with Gasteiger partial charge in [0.15, 0.2) is 24.8 Å². The predicted octanol–water partition coefficient (Wildman–Crippen LogP) is 8.21. The number of alkyl halides is 15. The normalized spacial score (nSPS) is 25.5. The van der Waals surface area contributed by atoms with Gasteiger partial charge in [0.05, 0.1) is 10.9 Å². The van der Waals surface area contributed by atoms with Crippen LogP contribution in [0.5, 0.6) is 0 Å². The van der Waals surface area contributed by atoms with Crippen LogP contribution in [0.3, 0.4) is 0 Å². The zero-order valence-electron chi connectivity index (χ0n) is 23.3. The Bertz CT molecular complexity index is 1710. The Kier molecular flexibility index (Phi) is 8.82. The van der Waals surface area contributed by atoms with E-state index < -0.39 is 67.8 Å². The van der Waals surface area contributed by atoms with Crippen LogP contribution in [-0.4, -0.2) is 59.8 Å². The van der Waals surface area contributed by atoms with Gasteiger partial charge in [-0.25, -0.2) is 12.8 Å². The summed E-state index contributed by atoms with van der Waals surface area (Å²) in [4.78, 5) is 15.5. The fourth-order valence-electron chi connectivity index (χ4n) is 6.09. The SMILES string of the molecule is O=C1C(F)(F)C2(F)C(F)(F)C(F)(F)C1(C(F)(F)S(=O)(=O)[O-])C2(C(F)(F)F)C(F)(F)F.c1ccc([S+](c2ccccc2)c2ccccc2)cc1. The summed E-state index contributed by atoms with van der Waals surface area (Å²) in [6.07, 6.45) is -16.8. The molecule has 49 heavy (non-hydrogen) atoms. The number of halogens is 15. The third-order valence-electron chi connectivity index (χ3n) is 7.97. The molecule has 2 saturated carbocycles. The molecule has 2 bridgehead atoms. The molecule has 0 N–H and O–H groups in total. The van der Waals surface area contributed by atoms with E-state index in [1.165, 1.54) is 14.7 Å². The van der Waals surface area contributed by atoms with Crippen LogP contribution >= 0.6 is 0 Å². The molecule has 2 aliphatic carbocycles. The lowest BCUT2D eigenvalue weighted by atomic mass is 9.63. The zero-order chi connectivity index (χ0) is 37.5. The lowest BCUT2D eigenvalue weighted by Crippen LogP contribution is -2.73. The number of Topliss-reactive ketones (excluding diaryl/α,β-unsaturated/α-hetero) is 1. The Labute approximate surface area is 268 Å². The number of ketones is 1. The summed E-state index contributed by atoms with van der Waals surface area (Å²) in [5.41, 5.74) is -24.8. The van der Waals surface area contributed by atoms with Crippen molar-refractivity contribution in [2.45, 2.75) is 55.7 Å². The van der Waals surface area contributed by atoms with Crippen LogP contribution in [0.25, 0.3) is 0 Å². The topological polar surface area (TPSA) is 74.3 Å². The molecule has 0 spiro atoms. The second-order valence-corrected chi connectivity index (χ2v) is 13.9. The summed E-state index contributed by atoms with van der Waals surface area (Å²) < 4.78 is 238. The molecule has 4 nitrogen and oxygen atoms in total. The summed E-state index contributed by atoms with van der Waals surface area (Å²) in [6.45, 7) is 0. The Morgan fingerprint density at radius 1 is 0.551 bits per heavy atom. The van der Waals surface area contributed by atoms with E-state index in [0.717, 1.165) is 0 Å². The molecule has 3 aromatic rings. The molecule has 21 heteroatoms. The number of rotatable bonds is 5. The van der Waals surface area contributed by atoms with Crippen molar-refractivity contribution < 1.29 is 83.6 Å². The molecule has 2 unspecified atom stereocenters. The molecule has 3 aromatic carbocycles. The van der Waals surface area contributed by atoms with Gasteiger partial charge in [0, 0.05) is 0 Å². The Morgan fingerprint density at radius 2 is 0.857 bits per heavy atom. The van der Waals surface area contributed by atoms with Gasteiger partial charge in [0.25, 0.3) is 5.67 Å². The second-order valence-electron chi connectivity index (χ2n) is 10.4. The molecule has 2 fully saturated rings. The number of carbonyl (C=O) groups is 1. The summed E-state index contributed by atoms with van der Waals surface area (Å²) in [5, 5.41) is -8.18. The smallest absolute Gasteiger partial charge is 0.408 e. The molecule has 5 rings (SSSR count). The van der Waals surface area contributed by atoms with Crippen molar-refractivity contribution in [1.82, 2.24) is 0 Å². The van der Waals surface area contributed by atoms with Gasteiger partial charge in [-0.05, 0) is 36.4 Å². The van der Waals surface area contributed by atoms with Crippen molar-refractivity contribution in [2.75, 3.05) is 0 Å². The maximum atomic E-state index is 14.6. The molecule has 2 aliphatic rings. The van der Waals surface area contributed by atoms with Gasteiger partial charge in [-0.1, -0.05) is 54.6 Å². The van der Waals surface area contributed by atoms with Crippen molar-refractivity contribution in [3.8, 4) is 0 Å². The van der Waals surface area contributed by atoms with E-state index in [4.69, 9.17) is 0 Å². The van der Waals surface area contributed by atoms with Crippen LogP contribution in [0.2, 0.25) is 0 Å². The fourth-order valence-corrected chi connectivity index (χ4v) is 8.95. The van der Waals surface area contributed by atoms with Crippen LogP contribution < -0.4 is 0 Å². The first-order chi connectivity index (χ1) is 22.1. The van der Waals surface area contributed by atoms with Crippen LogP contribution in [0.15, 0.2) is 106 Å². The summed E-state index contributed by atoms with van der Waals surface area (Å²) in [6, 6.07) is 32.2. The van der Waals surface area contributed by atoms with E-state index in [0.29, 0.717) is 0 Å². The van der Waals surface area contributed by atoms with E-state index in [1.54, 1.807) is 0 Å². The third kappa shape index (κ3) is 4.45. The minimum atomic E-state index is -8.47. The maximum Gasteiger partial charge on any atom is 0.408 e. The number of hydrogen-bond acceptors (Lipinski definition) is 4. The molecule has 2 atom stereocenters. The lowest BCUT2D eigenvalue weighted by Gasteiger charge is -2.47. The molecule has 0 saturated heterocycles. The van der Waals surface area contributed by atoms with Crippen molar-refractivity contribution >= 4 is 26.8 Å². The maximum absolute atomic E-state index is 14.6. The fraction of sp³-hybridized carbons (Fsp3) is 0.321. The van der Waals surface area contributed by atoms with Crippen molar-refractivity contribution in [1.29, 1.82) is 0 Å². The standard InChI is InChI=1S/C18H15S.C10HF15O4S/c1-4-10-16(11-5-1)19(17-12-6-2-7-13-17)18-14-8-3-9-15-18;11-3(12)1(26)2(10(24,25)30(27,28)29)4(8(18,19)20,9(21,22)23)5(3,13)7(16,17)6(2,14)15/h1-15H;(H,27,28,29)/q+1;/p-1. The van der Waals surface area contributed by atoms with Gasteiger partial charge in [-0.3, -0.25) is 4.79 Å². The van der Waals surface area contributed by atoms with Crippen LogP contribution in [0.4, 0.5) is 65.9 Å². The summed E-state index contributed by atoms with van der Waals surface area (Å²) >= 11 is 0. The molecule has 0 radical (unpaired) electrons. The predicted molar refractivity (Wildman–Crippen MR) is 137 cm³/mol. The van der Waals surface area contributed by atoms with E-state index in [1.807, 2.05) is 0 Å². The van der Waals surface area contributed by atoms with Crippen LogP contribution in [0, 0.1) is 10.8 Å². The lowest BCUT2D eigenvalue weighted by molar-refractivity contribution is -0.417. The van der Waals surface area contributed by atoms with E-state index >= 15 is 0 Å². The number of hydrogen-bond donors (Lipinski definition) is 0. The highest BCUT2D eigenvalue weighted by atomic mass is 32.2. The van der Waals surface area contributed by atoms with Crippen molar-refractivity contribution in [3.05, 3.63) is 91.0 Å². The van der Waals surface area contributed by atoms with Crippen molar-refractivity contribution in [2.24, 2.45) is 10.8 Å². The Balaban J connectivity index is 0.000000242. The molecular weight excluding hydrogens is 749 g/mol. The van der Waals surface area contributed by atoms with E-state index in [2.05, 4.69) is 91.0 Å². The first-order valence-electron chi connectivity index (χ1n) is 12.8. The van der Waals surface area contributed by atoms with Gasteiger partial charge in [0.2, 0.25) is 16.6 Å². The highest BCUT2D eigenvalue weighted by Gasteiger charge is 3.20. The largest absolute Gasteiger partial charge is 0.743 e. The molecule has 0 amide bonds. The first-order valence-corrected chi connectivity index (χ1v) is 15.5. The van der Waals surface area contributed by atoms with Crippen LogP contribution in [0.1, 0.15) is 0 Å². The summed E-state index contributed by atoms with van der Waals surface area (Å²) in [5.74, 6) is -29.1. The first kappa shape index (κ1) is 38.3. The van der Waals surface area contributed by atoms with Gasteiger partial charge in [0.1, 0.15) is 0 Å². The Morgan fingerprint density at radius 3 is 1.12 bits per heavy atom. The minimum Gasteiger partial charge on any atom is -0.743 e. The number of fused-ring (bicyclic) bond motifs is 2. The monoisotopic (exact) mass is 764 g/mol. The highest BCUT2D eigenvalue weighted by Crippen LogP contribution is 2.90. The highest BCUT2D eigenvalue weighted by molar-refractivity contribution is 7.97. The number of carbonyl (C=O) groups excluding carboxylic acids is 1.